The van der Waals surface area contributed by atoms with Crippen LogP contribution in [-0.2, 0) is 11.2 Å². The van der Waals surface area contributed by atoms with Gasteiger partial charge >= 0.3 is 5.97 Å². The second-order valence-corrected chi connectivity index (χ2v) is 5.88. The number of imidazole rings is 1. The van der Waals surface area contributed by atoms with E-state index < -0.39 is 5.97 Å². The molecule has 0 aliphatic carbocycles. The average Bonchev–Trinajstić information content (AvgIpc) is 2.85. The lowest BCUT2D eigenvalue weighted by Gasteiger charge is -2.02. The molecule has 0 unspecified atom stereocenters. The van der Waals surface area contributed by atoms with Gasteiger partial charge in [-0.1, -0.05) is 23.7 Å². The molecule has 0 aliphatic rings. The Morgan fingerprint density at radius 3 is 2.79 bits per heavy atom. The minimum Gasteiger partial charge on any atom is -0.481 e. The zero-order chi connectivity index (χ0) is 17.3. The normalized spacial score (nSPS) is 11.5. The number of nitrogens with zero attached hydrogens (tertiary/aromatic N) is 4. The number of azo groups is 1. The van der Waals surface area contributed by atoms with E-state index in [1.54, 1.807) is 22.7 Å². The molecule has 0 spiro atoms. The molecule has 24 heavy (non-hydrogen) atoms. The van der Waals surface area contributed by atoms with Crippen molar-refractivity contribution in [2.75, 3.05) is 0 Å². The molecular formula is C17H15ClN4O2. The number of halogens is 1. The summed E-state index contributed by atoms with van der Waals surface area (Å²) in [4.78, 5) is 15.4. The Bertz CT molecular complexity index is 963. The van der Waals surface area contributed by atoms with Crippen LogP contribution in [0.3, 0.4) is 0 Å². The number of hydrogen-bond donors (Lipinski definition) is 1. The van der Waals surface area contributed by atoms with E-state index in [9.17, 15) is 4.79 Å². The molecule has 0 saturated carbocycles. The number of carbonyl (C=O) groups is 1. The number of aromatic nitrogens is 2. The molecule has 0 atom stereocenters. The summed E-state index contributed by atoms with van der Waals surface area (Å²) in [5, 5.41) is 18.1. The lowest BCUT2D eigenvalue weighted by molar-refractivity contribution is -0.136. The zero-order valence-corrected chi connectivity index (χ0v) is 13.9. The second kappa shape index (κ2) is 6.41. The van der Waals surface area contributed by atoms with Gasteiger partial charge in [-0.2, -0.15) is 0 Å². The highest BCUT2D eigenvalue weighted by molar-refractivity contribution is 6.30. The minimum atomic E-state index is -0.979. The molecule has 0 aliphatic heterocycles. The lowest BCUT2D eigenvalue weighted by Crippen LogP contribution is -2.00. The van der Waals surface area contributed by atoms with Crippen molar-refractivity contribution in [3.63, 3.8) is 0 Å². The number of aryl methyl sites for hydroxylation is 1. The molecule has 1 N–H and O–H groups in total. The summed E-state index contributed by atoms with van der Waals surface area (Å²) in [7, 11) is 0. The Balaban J connectivity index is 2.12. The van der Waals surface area contributed by atoms with Gasteiger partial charge < -0.3 is 5.11 Å². The summed E-state index contributed by atoms with van der Waals surface area (Å²) in [5.74, 6) is -0.608. The Labute approximate surface area is 143 Å². The Morgan fingerprint density at radius 2 is 2.04 bits per heavy atom. The van der Waals surface area contributed by atoms with Crippen molar-refractivity contribution in [1.82, 2.24) is 9.38 Å². The predicted octanol–water partition coefficient (Wildman–Crippen LogP) is 4.65. The van der Waals surface area contributed by atoms with Crippen molar-refractivity contribution < 1.29 is 9.90 Å². The third kappa shape index (κ3) is 3.14. The molecule has 1 aromatic carbocycles. The molecule has 2 heterocycles. The Hall–Kier alpha value is -2.73. The van der Waals surface area contributed by atoms with Crippen LogP contribution in [0.1, 0.15) is 16.8 Å². The van der Waals surface area contributed by atoms with Gasteiger partial charge in [-0.15, -0.1) is 10.2 Å². The standard InChI is InChI=1S/C17H15ClN4O2/c1-10-4-3-5-13(11(10)2)20-21-17-14(8-16(23)24)19-15-7-6-12(18)9-22(15)17/h3-7,9H,8H2,1-2H3,(H,23,24). The van der Waals surface area contributed by atoms with E-state index >= 15 is 0 Å². The smallest absolute Gasteiger partial charge is 0.309 e. The van der Waals surface area contributed by atoms with Gasteiger partial charge in [-0.25, -0.2) is 4.98 Å². The molecule has 3 rings (SSSR count). The van der Waals surface area contributed by atoms with Crippen LogP contribution >= 0.6 is 11.6 Å². The van der Waals surface area contributed by atoms with Crippen LogP contribution in [0, 0.1) is 13.8 Å². The number of carboxylic acid groups (broad SMARTS) is 1. The van der Waals surface area contributed by atoms with Gasteiger partial charge in [0.15, 0.2) is 5.82 Å². The zero-order valence-electron chi connectivity index (χ0n) is 13.2. The fourth-order valence-corrected chi connectivity index (χ4v) is 2.53. The first-order valence-electron chi connectivity index (χ1n) is 7.32. The van der Waals surface area contributed by atoms with Crippen molar-refractivity contribution in [2.45, 2.75) is 20.3 Å². The maximum Gasteiger partial charge on any atom is 0.309 e. The highest BCUT2D eigenvalue weighted by Gasteiger charge is 2.15. The van der Waals surface area contributed by atoms with Crippen molar-refractivity contribution in [3.8, 4) is 0 Å². The number of carboxylic acids is 1. The number of benzene rings is 1. The molecule has 2 aromatic heterocycles. The molecule has 0 fully saturated rings. The van der Waals surface area contributed by atoms with Gasteiger partial charge in [0.2, 0.25) is 0 Å². The summed E-state index contributed by atoms with van der Waals surface area (Å²) in [6.07, 6.45) is 1.41. The average molecular weight is 343 g/mol. The van der Waals surface area contributed by atoms with E-state index in [1.807, 2.05) is 32.0 Å². The van der Waals surface area contributed by atoms with Gasteiger partial charge in [-0.05, 0) is 43.2 Å². The number of hydrogen-bond acceptors (Lipinski definition) is 4. The first-order chi connectivity index (χ1) is 11.5. The van der Waals surface area contributed by atoms with E-state index in [-0.39, 0.29) is 6.42 Å². The molecular weight excluding hydrogens is 328 g/mol. The molecule has 6 nitrogen and oxygen atoms in total. The van der Waals surface area contributed by atoms with Crippen molar-refractivity contribution in [2.24, 2.45) is 10.2 Å². The van der Waals surface area contributed by atoms with Crippen LogP contribution in [0.4, 0.5) is 11.5 Å². The van der Waals surface area contributed by atoms with Crippen molar-refractivity contribution >= 4 is 34.7 Å². The Morgan fingerprint density at radius 1 is 1.25 bits per heavy atom. The van der Waals surface area contributed by atoms with Gasteiger partial charge in [-0.3, -0.25) is 9.20 Å². The predicted molar refractivity (Wildman–Crippen MR) is 91.6 cm³/mol. The lowest BCUT2D eigenvalue weighted by atomic mass is 10.1. The van der Waals surface area contributed by atoms with Gasteiger partial charge in [0.1, 0.15) is 5.65 Å². The number of pyridine rings is 1. The molecule has 0 amide bonds. The highest BCUT2D eigenvalue weighted by atomic mass is 35.5. The third-order valence-corrected chi connectivity index (χ3v) is 4.00. The van der Waals surface area contributed by atoms with E-state index in [4.69, 9.17) is 16.7 Å². The minimum absolute atomic E-state index is 0.236. The SMILES string of the molecule is Cc1cccc(N=Nc2c(CC(=O)O)nc3ccc(Cl)cn23)c1C. The summed E-state index contributed by atoms with van der Waals surface area (Å²) in [5.41, 5.74) is 3.78. The number of fused-ring (bicyclic) bond motifs is 1. The fourth-order valence-electron chi connectivity index (χ4n) is 2.37. The molecule has 0 radical (unpaired) electrons. The highest BCUT2D eigenvalue weighted by Crippen LogP contribution is 2.28. The molecule has 0 saturated heterocycles. The van der Waals surface area contributed by atoms with E-state index in [0.717, 1.165) is 16.8 Å². The van der Waals surface area contributed by atoms with Crippen molar-refractivity contribution in [1.29, 1.82) is 0 Å². The van der Waals surface area contributed by atoms with Gasteiger partial charge in [0.25, 0.3) is 0 Å². The molecule has 0 bridgehead atoms. The van der Waals surface area contributed by atoms with Gasteiger partial charge in [0, 0.05) is 6.20 Å². The van der Waals surface area contributed by atoms with Gasteiger partial charge in [0.05, 0.1) is 22.8 Å². The van der Waals surface area contributed by atoms with Crippen LogP contribution in [0.2, 0.25) is 5.02 Å². The monoisotopic (exact) mass is 342 g/mol. The maximum atomic E-state index is 11.1. The first kappa shape index (κ1) is 16.1. The van der Waals surface area contributed by atoms with Crippen LogP contribution < -0.4 is 0 Å². The summed E-state index contributed by atoms with van der Waals surface area (Å²) in [6, 6.07) is 9.17. The summed E-state index contributed by atoms with van der Waals surface area (Å²) in [6.45, 7) is 3.96. The molecule has 7 heteroatoms. The van der Waals surface area contributed by atoms with E-state index in [0.29, 0.717) is 22.2 Å². The van der Waals surface area contributed by atoms with Crippen molar-refractivity contribution in [3.05, 3.63) is 58.4 Å². The first-order valence-corrected chi connectivity index (χ1v) is 7.69. The van der Waals surface area contributed by atoms with Crippen LogP contribution in [0.15, 0.2) is 46.8 Å². The molecule has 3 aromatic rings. The fraction of sp³-hybridized carbons (Fsp3) is 0.176. The van der Waals surface area contributed by atoms with Crippen LogP contribution in [0.25, 0.3) is 5.65 Å². The number of aliphatic carboxylic acids is 1. The van der Waals surface area contributed by atoms with Crippen LogP contribution in [0.5, 0.6) is 0 Å². The largest absolute Gasteiger partial charge is 0.481 e. The second-order valence-electron chi connectivity index (χ2n) is 5.45. The maximum absolute atomic E-state index is 11.1. The molecule has 122 valence electrons. The quantitative estimate of drug-likeness (QED) is 0.701. The summed E-state index contributed by atoms with van der Waals surface area (Å²) < 4.78 is 1.65. The van der Waals surface area contributed by atoms with Crippen LogP contribution in [-0.4, -0.2) is 20.5 Å². The number of rotatable bonds is 4. The topological polar surface area (TPSA) is 79.3 Å². The van der Waals surface area contributed by atoms with E-state index in [2.05, 4.69) is 15.2 Å². The summed E-state index contributed by atoms with van der Waals surface area (Å²) >= 11 is 6.03. The van der Waals surface area contributed by atoms with E-state index in [1.165, 1.54) is 0 Å². The Kier molecular flexibility index (Phi) is 4.31. The third-order valence-electron chi connectivity index (χ3n) is 3.77.